The molecule has 1 aliphatic rings. The minimum Gasteiger partial charge on any atom is -0.545 e. The Morgan fingerprint density at radius 2 is 1.89 bits per heavy atom. The molecule has 1 saturated heterocycles. The maximum Gasteiger partial charge on any atom is 0.391 e. The molecule has 0 aromatic carbocycles. The third-order valence-electron chi connectivity index (χ3n) is 5.46. The fraction of sp³-hybridized carbons (Fsp3) is 0.500. The van der Waals surface area contributed by atoms with Crippen molar-refractivity contribution < 1.29 is 37.5 Å². The summed E-state index contributed by atoms with van der Waals surface area (Å²) in [5.41, 5.74) is -0.875. The molecule has 1 aliphatic heterocycles. The van der Waals surface area contributed by atoms with E-state index < -0.39 is 53.9 Å². The molecule has 2 rings (SSSR count). The summed E-state index contributed by atoms with van der Waals surface area (Å²) in [7, 11) is 0. The molecular formula is C22H26F3N4O6-. The number of aliphatic carboxylic acids is 1. The van der Waals surface area contributed by atoms with Crippen LogP contribution in [0.4, 0.5) is 18.9 Å². The molecule has 0 saturated carbocycles. The lowest BCUT2D eigenvalue weighted by atomic mass is 9.96. The van der Waals surface area contributed by atoms with E-state index in [1.807, 2.05) is 0 Å². The van der Waals surface area contributed by atoms with E-state index in [-0.39, 0.29) is 44.5 Å². The lowest BCUT2D eigenvalue weighted by Gasteiger charge is -2.33. The zero-order valence-corrected chi connectivity index (χ0v) is 19.0. The number of carbonyl (C=O) groups excluding carboxylic acids is 4. The van der Waals surface area contributed by atoms with Gasteiger partial charge in [0.25, 0.3) is 5.56 Å². The second kappa shape index (κ2) is 12.2. The van der Waals surface area contributed by atoms with Crippen molar-refractivity contribution in [1.29, 1.82) is 0 Å². The number of likely N-dealkylation sites (tertiary alicyclic amines) is 1. The minimum absolute atomic E-state index is 0.0442. The Bertz CT molecular complexity index is 1030. The van der Waals surface area contributed by atoms with E-state index in [9.17, 15) is 42.3 Å². The van der Waals surface area contributed by atoms with Crippen LogP contribution >= 0.6 is 0 Å². The number of alkyl halides is 3. The van der Waals surface area contributed by atoms with Crippen molar-refractivity contribution in [3.05, 3.63) is 40.8 Å². The molecule has 2 heterocycles. The number of nitrogens with zero attached hydrogens (tertiary/aromatic N) is 2. The summed E-state index contributed by atoms with van der Waals surface area (Å²) >= 11 is 0. The van der Waals surface area contributed by atoms with E-state index in [4.69, 9.17) is 0 Å². The van der Waals surface area contributed by atoms with Crippen molar-refractivity contribution in [1.82, 2.24) is 14.8 Å². The van der Waals surface area contributed by atoms with Gasteiger partial charge in [0.2, 0.25) is 17.7 Å². The van der Waals surface area contributed by atoms with Crippen LogP contribution in [-0.2, 0) is 25.7 Å². The van der Waals surface area contributed by atoms with E-state index in [2.05, 4.69) is 10.6 Å². The van der Waals surface area contributed by atoms with Crippen LogP contribution in [0.25, 0.3) is 0 Å². The van der Waals surface area contributed by atoms with E-state index in [0.29, 0.717) is 0 Å². The van der Waals surface area contributed by atoms with Gasteiger partial charge in [0.1, 0.15) is 18.3 Å². The maximum absolute atomic E-state index is 12.8. The van der Waals surface area contributed by atoms with Gasteiger partial charge < -0.3 is 30.0 Å². The maximum atomic E-state index is 12.8. The Kier molecular flexibility index (Phi) is 9.60. The summed E-state index contributed by atoms with van der Waals surface area (Å²) < 4.78 is 39.5. The van der Waals surface area contributed by atoms with Gasteiger partial charge in [-0.25, -0.2) is 0 Å². The standard InChI is InChI=1S/C22H27F3N4O6/c1-14(30)26-16(5-2-3-7-19(32)33)20(34)27-17-6-4-10-29(21(17)35)13-18(31)28-11-8-15(9-12-28)22(23,24)25/h3-4,6-7,10,15-16H,2,5,8-9,11-13H2,1H3,(H,26,30)(H,27,34)(H,32,33)/p-1. The van der Waals surface area contributed by atoms with Gasteiger partial charge in [-0.05, 0) is 43.9 Å². The Balaban J connectivity index is 2.04. The lowest BCUT2D eigenvalue weighted by Crippen LogP contribution is -2.45. The first-order valence-electron chi connectivity index (χ1n) is 10.9. The first kappa shape index (κ1) is 27.6. The number of pyridine rings is 1. The van der Waals surface area contributed by atoms with Crippen molar-refractivity contribution >= 4 is 29.4 Å². The number of amides is 3. The average Bonchev–Trinajstić information content (AvgIpc) is 2.77. The van der Waals surface area contributed by atoms with Gasteiger partial charge in [-0.2, -0.15) is 13.2 Å². The van der Waals surface area contributed by atoms with Crippen LogP contribution in [0.2, 0.25) is 0 Å². The van der Waals surface area contributed by atoms with E-state index in [0.717, 1.165) is 10.6 Å². The van der Waals surface area contributed by atoms with Gasteiger partial charge in [0.15, 0.2) is 0 Å². The van der Waals surface area contributed by atoms with Crippen LogP contribution in [0.5, 0.6) is 0 Å². The fourth-order valence-corrected chi connectivity index (χ4v) is 3.63. The first-order valence-corrected chi connectivity index (χ1v) is 10.9. The average molecular weight is 499 g/mol. The fourth-order valence-electron chi connectivity index (χ4n) is 3.63. The zero-order valence-electron chi connectivity index (χ0n) is 19.0. The van der Waals surface area contributed by atoms with Crippen molar-refractivity contribution in [2.75, 3.05) is 18.4 Å². The van der Waals surface area contributed by atoms with Crippen LogP contribution in [-0.4, -0.2) is 58.5 Å². The highest BCUT2D eigenvalue weighted by molar-refractivity contribution is 5.96. The molecule has 1 atom stereocenters. The van der Waals surface area contributed by atoms with Crippen LogP contribution in [0.3, 0.4) is 0 Å². The molecule has 1 aromatic heterocycles. The lowest BCUT2D eigenvalue weighted by molar-refractivity contribution is -0.297. The molecule has 1 fully saturated rings. The van der Waals surface area contributed by atoms with Gasteiger partial charge >= 0.3 is 6.18 Å². The van der Waals surface area contributed by atoms with Crippen LogP contribution < -0.4 is 21.3 Å². The number of hydrogen-bond donors (Lipinski definition) is 2. The monoisotopic (exact) mass is 499 g/mol. The number of aromatic nitrogens is 1. The predicted molar refractivity (Wildman–Crippen MR) is 116 cm³/mol. The number of rotatable bonds is 9. The van der Waals surface area contributed by atoms with E-state index in [1.165, 1.54) is 36.2 Å². The minimum atomic E-state index is -4.31. The summed E-state index contributed by atoms with van der Waals surface area (Å²) in [6, 6.07) is 1.65. The quantitative estimate of drug-likeness (QED) is 0.465. The number of allylic oxidation sites excluding steroid dienone is 1. The second-order valence-corrected chi connectivity index (χ2v) is 8.09. The Hall–Kier alpha value is -3.64. The number of nitrogens with one attached hydrogen (secondary N) is 2. The number of carboxylic acids is 1. The summed E-state index contributed by atoms with van der Waals surface area (Å²) in [6.45, 7) is 0.635. The first-order chi connectivity index (χ1) is 16.4. The van der Waals surface area contributed by atoms with Crippen molar-refractivity contribution in [3.63, 3.8) is 0 Å². The normalized spacial score (nSPS) is 15.6. The molecule has 3 amide bonds. The highest BCUT2D eigenvalue weighted by atomic mass is 19.4. The molecule has 0 aliphatic carbocycles. The number of carboxylic acid groups (broad SMARTS) is 1. The van der Waals surface area contributed by atoms with Gasteiger partial charge in [-0.3, -0.25) is 19.2 Å². The van der Waals surface area contributed by atoms with Gasteiger partial charge in [-0.15, -0.1) is 0 Å². The van der Waals surface area contributed by atoms with Gasteiger partial charge in [-0.1, -0.05) is 6.08 Å². The molecule has 35 heavy (non-hydrogen) atoms. The molecular weight excluding hydrogens is 473 g/mol. The van der Waals surface area contributed by atoms with Crippen molar-refractivity contribution in [2.24, 2.45) is 5.92 Å². The molecule has 0 spiro atoms. The highest BCUT2D eigenvalue weighted by Crippen LogP contribution is 2.34. The number of piperidine rings is 1. The number of anilines is 1. The Morgan fingerprint density at radius 1 is 1.23 bits per heavy atom. The molecule has 0 radical (unpaired) electrons. The molecule has 1 unspecified atom stereocenters. The summed E-state index contributed by atoms with van der Waals surface area (Å²) in [4.78, 5) is 61.1. The van der Waals surface area contributed by atoms with Gasteiger partial charge in [0, 0.05) is 26.2 Å². The summed E-state index contributed by atoms with van der Waals surface area (Å²) in [5, 5.41) is 15.2. The third-order valence-corrected chi connectivity index (χ3v) is 5.46. The topological polar surface area (TPSA) is 141 Å². The van der Waals surface area contributed by atoms with Crippen LogP contribution in [0, 0.1) is 5.92 Å². The molecule has 0 bridgehead atoms. The Labute approximate surface area is 198 Å². The largest absolute Gasteiger partial charge is 0.545 e. The van der Waals surface area contributed by atoms with Crippen LogP contribution in [0.1, 0.15) is 32.6 Å². The molecule has 10 nitrogen and oxygen atoms in total. The number of hydrogen-bond acceptors (Lipinski definition) is 6. The molecule has 2 N–H and O–H groups in total. The SMILES string of the molecule is CC(=O)NC(CCC=CC(=O)[O-])C(=O)Nc1cccn(CC(=O)N2CCC(C(F)(F)F)CC2)c1=O. The zero-order chi connectivity index (χ0) is 26.2. The number of carbonyl (C=O) groups is 4. The molecule has 192 valence electrons. The molecule has 1 aromatic rings. The smallest absolute Gasteiger partial charge is 0.391 e. The summed E-state index contributed by atoms with van der Waals surface area (Å²) in [6.07, 6.45) is -1.18. The summed E-state index contributed by atoms with van der Waals surface area (Å²) in [5.74, 6) is -4.63. The predicted octanol–water partition coefficient (Wildman–Crippen LogP) is 0.179. The van der Waals surface area contributed by atoms with Gasteiger partial charge in [0.05, 0.1) is 11.9 Å². The molecule has 13 heteroatoms. The van der Waals surface area contributed by atoms with E-state index >= 15 is 0 Å². The number of halogens is 3. The van der Waals surface area contributed by atoms with Crippen molar-refractivity contribution in [3.8, 4) is 0 Å². The third kappa shape index (κ3) is 8.58. The Morgan fingerprint density at radius 3 is 2.46 bits per heavy atom. The highest BCUT2D eigenvalue weighted by Gasteiger charge is 2.41. The van der Waals surface area contributed by atoms with Crippen molar-refractivity contribution in [2.45, 2.75) is 51.4 Å². The van der Waals surface area contributed by atoms with Crippen LogP contribution in [0.15, 0.2) is 35.3 Å². The second-order valence-electron chi connectivity index (χ2n) is 8.09. The van der Waals surface area contributed by atoms with E-state index in [1.54, 1.807) is 0 Å².